The lowest BCUT2D eigenvalue weighted by Gasteiger charge is -2.13. The minimum atomic E-state index is -1.09. The summed E-state index contributed by atoms with van der Waals surface area (Å²) >= 11 is 5.82. The van der Waals surface area contributed by atoms with Crippen molar-refractivity contribution in [1.82, 2.24) is 4.90 Å². The fourth-order valence-corrected chi connectivity index (χ4v) is 2.65. The fourth-order valence-electron chi connectivity index (χ4n) is 2.48. The Morgan fingerprint density at radius 2 is 1.72 bits per heavy atom. The summed E-state index contributed by atoms with van der Waals surface area (Å²) in [6, 6.07) is 7.30. The molecule has 2 aromatic rings. The van der Waals surface area contributed by atoms with E-state index in [1.54, 1.807) is 0 Å². The van der Waals surface area contributed by atoms with Crippen LogP contribution >= 0.6 is 11.6 Å². The lowest BCUT2D eigenvalue weighted by molar-refractivity contribution is -0.116. The Morgan fingerprint density at radius 1 is 1.00 bits per heavy atom. The summed E-state index contributed by atoms with van der Waals surface area (Å²) in [7, 11) is 0. The van der Waals surface area contributed by atoms with Crippen LogP contribution in [0.25, 0.3) is 0 Å². The van der Waals surface area contributed by atoms with E-state index in [4.69, 9.17) is 11.6 Å². The molecule has 8 heteroatoms. The van der Waals surface area contributed by atoms with E-state index < -0.39 is 29.4 Å². The van der Waals surface area contributed by atoms with E-state index in [0.717, 1.165) is 17.0 Å². The molecule has 1 heterocycles. The van der Waals surface area contributed by atoms with E-state index in [-0.39, 0.29) is 29.8 Å². The molecular formula is C17H11ClF2N2O3. The minimum Gasteiger partial charge on any atom is -0.326 e. The molecule has 1 N–H and O–H groups in total. The van der Waals surface area contributed by atoms with Crippen LogP contribution in [0.2, 0.25) is 5.02 Å². The maximum Gasteiger partial charge on any atom is 0.261 e. The zero-order valence-electron chi connectivity index (χ0n) is 12.7. The molecule has 0 unspecified atom stereocenters. The van der Waals surface area contributed by atoms with Gasteiger partial charge in [0, 0.05) is 29.7 Å². The van der Waals surface area contributed by atoms with Gasteiger partial charge in [-0.15, -0.1) is 0 Å². The maximum atomic E-state index is 13.1. The van der Waals surface area contributed by atoms with Crippen molar-refractivity contribution in [1.29, 1.82) is 0 Å². The Labute approximate surface area is 146 Å². The molecule has 5 nitrogen and oxygen atoms in total. The van der Waals surface area contributed by atoms with Gasteiger partial charge in [0.15, 0.2) is 11.6 Å². The average molecular weight is 365 g/mol. The fraction of sp³-hybridized carbons (Fsp3) is 0.118. The van der Waals surface area contributed by atoms with Gasteiger partial charge in [0.05, 0.1) is 11.1 Å². The Morgan fingerprint density at radius 3 is 2.44 bits per heavy atom. The molecule has 3 rings (SSSR count). The standard InChI is InChI=1S/C17H11ClF2N2O3/c18-9-1-3-11-12(7-9)17(25)22(16(11)24)6-5-15(23)21-10-2-4-13(19)14(20)8-10/h1-4,7-8H,5-6H2,(H,21,23). The molecule has 2 aromatic carbocycles. The predicted molar refractivity (Wildman–Crippen MR) is 86.4 cm³/mol. The van der Waals surface area contributed by atoms with Gasteiger partial charge in [-0.1, -0.05) is 11.6 Å². The van der Waals surface area contributed by atoms with Crippen LogP contribution in [-0.2, 0) is 4.79 Å². The van der Waals surface area contributed by atoms with Gasteiger partial charge in [-0.05, 0) is 30.3 Å². The van der Waals surface area contributed by atoms with Gasteiger partial charge in [0.1, 0.15) is 0 Å². The minimum absolute atomic E-state index is 0.0815. The van der Waals surface area contributed by atoms with Crippen LogP contribution in [-0.4, -0.2) is 29.2 Å². The molecule has 1 aliphatic rings. The first-order valence-corrected chi connectivity index (χ1v) is 7.65. The summed E-state index contributed by atoms with van der Waals surface area (Å²) in [5, 5.41) is 2.71. The number of benzene rings is 2. The number of carbonyl (C=O) groups is 3. The Hall–Kier alpha value is -2.80. The number of amides is 3. The Balaban J connectivity index is 1.64. The summed E-state index contributed by atoms with van der Waals surface area (Å²) in [5.41, 5.74) is 0.506. The number of hydrogen-bond acceptors (Lipinski definition) is 3. The highest BCUT2D eigenvalue weighted by atomic mass is 35.5. The smallest absolute Gasteiger partial charge is 0.261 e. The molecule has 0 fully saturated rings. The number of nitrogens with zero attached hydrogens (tertiary/aromatic N) is 1. The number of nitrogens with one attached hydrogen (secondary N) is 1. The first-order chi connectivity index (χ1) is 11.9. The summed E-state index contributed by atoms with van der Waals surface area (Å²) in [4.78, 5) is 37.3. The van der Waals surface area contributed by atoms with E-state index in [0.29, 0.717) is 5.02 Å². The second-order valence-corrected chi connectivity index (χ2v) is 5.82. The summed E-state index contributed by atoms with van der Waals surface area (Å²) in [5.74, 6) is -3.68. The highest BCUT2D eigenvalue weighted by Crippen LogP contribution is 2.26. The van der Waals surface area contributed by atoms with Crippen LogP contribution in [0, 0.1) is 11.6 Å². The molecule has 0 saturated carbocycles. The number of fused-ring (bicyclic) bond motifs is 1. The third-order valence-corrected chi connectivity index (χ3v) is 3.93. The van der Waals surface area contributed by atoms with Crippen LogP contribution in [0.15, 0.2) is 36.4 Å². The second-order valence-electron chi connectivity index (χ2n) is 5.38. The zero-order valence-corrected chi connectivity index (χ0v) is 13.4. The van der Waals surface area contributed by atoms with Crippen molar-refractivity contribution in [2.45, 2.75) is 6.42 Å². The van der Waals surface area contributed by atoms with E-state index in [9.17, 15) is 23.2 Å². The monoisotopic (exact) mass is 364 g/mol. The van der Waals surface area contributed by atoms with Gasteiger partial charge < -0.3 is 5.32 Å². The van der Waals surface area contributed by atoms with Crippen molar-refractivity contribution >= 4 is 35.0 Å². The van der Waals surface area contributed by atoms with E-state index in [1.807, 2.05) is 0 Å². The molecular weight excluding hydrogens is 354 g/mol. The van der Waals surface area contributed by atoms with Crippen molar-refractivity contribution in [3.63, 3.8) is 0 Å². The summed E-state index contributed by atoms with van der Waals surface area (Å²) in [6.07, 6.45) is -0.182. The maximum absolute atomic E-state index is 13.1. The van der Waals surface area contributed by atoms with Crippen molar-refractivity contribution in [3.8, 4) is 0 Å². The van der Waals surface area contributed by atoms with Crippen molar-refractivity contribution in [2.24, 2.45) is 0 Å². The topological polar surface area (TPSA) is 66.5 Å². The molecule has 0 aromatic heterocycles. The summed E-state index contributed by atoms with van der Waals surface area (Å²) < 4.78 is 26.0. The van der Waals surface area contributed by atoms with Gasteiger partial charge in [-0.25, -0.2) is 8.78 Å². The van der Waals surface area contributed by atoms with Gasteiger partial charge in [0.2, 0.25) is 5.91 Å². The lowest BCUT2D eigenvalue weighted by atomic mass is 10.1. The number of rotatable bonds is 4. The van der Waals surface area contributed by atoms with Crippen LogP contribution in [0.1, 0.15) is 27.1 Å². The first-order valence-electron chi connectivity index (χ1n) is 7.27. The number of halogens is 3. The molecule has 1 aliphatic heterocycles. The van der Waals surface area contributed by atoms with Gasteiger partial charge in [-0.3, -0.25) is 19.3 Å². The molecule has 128 valence electrons. The highest BCUT2D eigenvalue weighted by Gasteiger charge is 2.35. The van der Waals surface area contributed by atoms with E-state index >= 15 is 0 Å². The molecule has 25 heavy (non-hydrogen) atoms. The van der Waals surface area contributed by atoms with E-state index in [1.165, 1.54) is 24.3 Å². The van der Waals surface area contributed by atoms with Crippen molar-refractivity contribution in [3.05, 3.63) is 64.2 Å². The SMILES string of the molecule is O=C(CCN1C(=O)c2ccc(Cl)cc2C1=O)Nc1ccc(F)c(F)c1. The molecule has 0 spiro atoms. The molecule has 3 amide bonds. The molecule has 0 bridgehead atoms. The van der Waals surface area contributed by atoms with Gasteiger partial charge >= 0.3 is 0 Å². The first kappa shape index (κ1) is 17.0. The molecule has 0 aliphatic carbocycles. The lowest BCUT2D eigenvalue weighted by Crippen LogP contribution is -2.32. The van der Waals surface area contributed by atoms with Crippen LogP contribution in [0.3, 0.4) is 0 Å². The van der Waals surface area contributed by atoms with Crippen LogP contribution < -0.4 is 5.32 Å². The number of hydrogen-bond donors (Lipinski definition) is 1. The van der Waals surface area contributed by atoms with Gasteiger partial charge in [0.25, 0.3) is 11.8 Å². The average Bonchev–Trinajstić information content (AvgIpc) is 2.80. The second kappa shape index (κ2) is 6.60. The highest BCUT2D eigenvalue weighted by molar-refractivity contribution is 6.32. The third kappa shape index (κ3) is 3.36. The quantitative estimate of drug-likeness (QED) is 0.847. The predicted octanol–water partition coefficient (Wildman–Crippen LogP) is 3.24. The van der Waals surface area contributed by atoms with Crippen LogP contribution in [0.4, 0.5) is 14.5 Å². The molecule has 0 radical (unpaired) electrons. The number of imide groups is 1. The summed E-state index contributed by atoms with van der Waals surface area (Å²) in [6.45, 7) is -0.139. The van der Waals surface area contributed by atoms with E-state index in [2.05, 4.69) is 5.32 Å². The van der Waals surface area contributed by atoms with Crippen molar-refractivity contribution < 1.29 is 23.2 Å². The van der Waals surface area contributed by atoms with Gasteiger partial charge in [-0.2, -0.15) is 0 Å². The Bertz CT molecular complexity index is 901. The molecule has 0 atom stereocenters. The normalized spacial score (nSPS) is 13.2. The van der Waals surface area contributed by atoms with Crippen LogP contribution in [0.5, 0.6) is 0 Å². The molecule has 0 saturated heterocycles. The Kier molecular flexibility index (Phi) is 4.50. The van der Waals surface area contributed by atoms with Crippen molar-refractivity contribution in [2.75, 3.05) is 11.9 Å². The zero-order chi connectivity index (χ0) is 18.1. The largest absolute Gasteiger partial charge is 0.326 e. The number of anilines is 1. The third-order valence-electron chi connectivity index (χ3n) is 3.70. The number of carbonyl (C=O) groups excluding carboxylic acids is 3.